The van der Waals surface area contributed by atoms with E-state index in [-0.39, 0.29) is 0 Å². The van der Waals surface area contributed by atoms with E-state index >= 15 is 0 Å². The molecule has 0 saturated carbocycles. The average Bonchev–Trinajstić information content (AvgIpc) is 2.71. The molecule has 0 aromatic heterocycles. The van der Waals surface area contributed by atoms with Gasteiger partial charge in [0, 0.05) is 6.42 Å². The van der Waals surface area contributed by atoms with Crippen LogP contribution in [0, 0.1) is 6.92 Å². The first-order valence-corrected chi connectivity index (χ1v) is 11.9. The zero-order chi connectivity index (χ0) is 21.2. The lowest BCUT2D eigenvalue weighted by molar-refractivity contribution is -0.138. The highest BCUT2D eigenvalue weighted by atomic mass is 16.6. The molecule has 0 spiro atoms. The molecule has 0 radical (unpaired) electrons. The molecule has 1 aromatic carbocycles. The molecule has 0 amide bonds. The largest absolute Gasteiger partial charge is 0.389 e. The van der Waals surface area contributed by atoms with Crippen LogP contribution in [0.15, 0.2) is 24.3 Å². The van der Waals surface area contributed by atoms with E-state index in [0.717, 1.165) is 24.8 Å². The van der Waals surface area contributed by atoms with Crippen LogP contribution in [0.3, 0.4) is 0 Å². The van der Waals surface area contributed by atoms with E-state index in [0.29, 0.717) is 12.0 Å². The molecule has 1 aromatic rings. The molecule has 0 fully saturated rings. The maximum absolute atomic E-state index is 11.9. The van der Waals surface area contributed by atoms with Gasteiger partial charge in [-0.3, -0.25) is 4.79 Å². The van der Waals surface area contributed by atoms with Crippen LogP contribution >= 0.6 is 0 Å². The molecule has 0 aliphatic carbocycles. The van der Waals surface area contributed by atoms with Gasteiger partial charge in [0.15, 0.2) is 0 Å². The monoisotopic (exact) mass is 402 g/mol. The molecular formula is C26H42O3. The van der Waals surface area contributed by atoms with E-state index in [1.54, 1.807) is 18.2 Å². The van der Waals surface area contributed by atoms with Gasteiger partial charge in [0.25, 0.3) is 0 Å². The minimum atomic E-state index is -0.542. The first-order valence-electron chi connectivity index (χ1n) is 11.9. The number of aryl methyl sites for hydroxylation is 1. The molecule has 3 nitrogen and oxygen atoms in total. The van der Waals surface area contributed by atoms with E-state index in [1.807, 2.05) is 13.0 Å². The second-order valence-corrected chi connectivity index (χ2v) is 8.33. The van der Waals surface area contributed by atoms with Crippen LogP contribution in [-0.2, 0) is 9.53 Å². The molecule has 0 aliphatic rings. The van der Waals surface area contributed by atoms with Gasteiger partial charge in [-0.05, 0) is 25.5 Å². The number of ether oxygens (including phenoxy) is 1. The number of unbranched alkanes of at least 4 members (excludes halogenated alkanes) is 14. The summed E-state index contributed by atoms with van der Waals surface area (Å²) < 4.78 is 4.93. The van der Waals surface area contributed by atoms with E-state index in [4.69, 9.17) is 4.74 Å². The summed E-state index contributed by atoms with van der Waals surface area (Å²) in [5, 5.41) is 0. The number of carbonyl (C=O) groups is 2. The van der Waals surface area contributed by atoms with E-state index < -0.39 is 11.9 Å². The van der Waals surface area contributed by atoms with Crippen molar-refractivity contribution in [2.24, 2.45) is 0 Å². The highest BCUT2D eigenvalue weighted by Gasteiger charge is 2.12. The third-order valence-corrected chi connectivity index (χ3v) is 5.44. The number of carbonyl (C=O) groups excluding carboxylic acids is 2. The van der Waals surface area contributed by atoms with Crippen molar-refractivity contribution >= 4 is 11.9 Å². The summed E-state index contributed by atoms with van der Waals surface area (Å²) in [6.07, 6.45) is 19.7. The van der Waals surface area contributed by atoms with Crippen LogP contribution in [0.5, 0.6) is 0 Å². The summed E-state index contributed by atoms with van der Waals surface area (Å²) in [6, 6.07) is 7.12. The van der Waals surface area contributed by atoms with Crippen molar-refractivity contribution in [2.45, 2.75) is 117 Å². The minimum Gasteiger partial charge on any atom is -0.389 e. The summed E-state index contributed by atoms with van der Waals surface area (Å²) in [6.45, 7) is 4.18. The average molecular weight is 403 g/mol. The quantitative estimate of drug-likeness (QED) is 0.151. The molecule has 164 valence electrons. The summed E-state index contributed by atoms with van der Waals surface area (Å²) >= 11 is 0. The molecule has 29 heavy (non-hydrogen) atoms. The zero-order valence-electron chi connectivity index (χ0n) is 18.8. The normalized spacial score (nSPS) is 10.8. The highest BCUT2D eigenvalue weighted by Crippen LogP contribution is 2.14. The molecule has 0 saturated heterocycles. The Morgan fingerprint density at radius 2 is 1.21 bits per heavy atom. The molecule has 0 unspecified atom stereocenters. The summed E-state index contributed by atoms with van der Waals surface area (Å²) in [5.74, 6) is -0.953. The van der Waals surface area contributed by atoms with Crippen molar-refractivity contribution < 1.29 is 14.3 Å². The number of esters is 2. The Morgan fingerprint density at radius 3 is 1.69 bits per heavy atom. The number of rotatable bonds is 17. The van der Waals surface area contributed by atoms with Crippen LogP contribution < -0.4 is 0 Å². The maximum Gasteiger partial charge on any atom is 0.345 e. The third-order valence-electron chi connectivity index (χ3n) is 5.44. The zero-order valence-corrected chi connectivity index (χ0v) is 18.8. The van der Waals surface area contributed by atoms with Gasteiger partial charge in [-0.25, -0.2) is 4.79 Å². The minimum absolute atomic E-state index is 0.329. The molecule has 1 rings (SSSR count). The molecule has 0 atom stereocenters. The van der Waals surface area contributed by atoms with Gasteiger partial charge in [-0.15, -0.1) is 0 Å². The van der Waals surface area contributed by atoms with Gasteiger partial charge in [-0.2, -0.15) is 0 Å². The molecular weight excluding hydrogens is 360 g/mol. The fourth-order valence-corrected chi connectivity index (χ4v) is 3.63. The van der Waals surface area contributed by atoms with Crippen molar-refractivity contribution in [1.29, 1.82) is 0 Å². The second kappa shape index (κ2) is 17.2. The highest BCUT2D eigenvalue weighted by molar-refractivity contribution is 5.96. The lowest BCUT2D eigenvalue weighted by Gasteiger charge is -2.05. The third kappa shape index (κ3) is 14.1. The molecule has 0 bridgehead atoms. The van der Waals surface area contributed by atoms with Gasteiger partial charge < -0.3 is 4.74 Å². The predicted molar refractivity (Wildman–Crippen MR) is 121 cm³/mol. The van der Waals surface area contributed by atoms with E-state index in [2.05, 4.69) is 6.92 Å². The fraction of sp³-hybridized carbons (Fsp3) is 0.692. The number of hydrogen-bond donors (Lipinski definition) is 0. The number of benzene rings is 1. The molecule has 0 N–H and O–H groups in total. The number of hydrogen-bond acceptors (Lipinski definition) is 3. The van der Waals surface area contributed by atoms with Gasteiger partial charge >= 0.3 is 11.9 Å². The van der Waals surface area contributed by atoms with Crippen LogP contribution in [0.1, 0.15) is 126 Å². The van der Waals surface area contributed by atoms with Gasteiger partial charge in [-0.1, -0.05) is 115 Å². The summed E-state index contributed by atoms with van der Waals surface area (Å²) in [7, 11) is 0. The Bertz CT molecular complexity index is 565. The molecule has 0 aliphatic heterocycles. The standard InChI is InChI=1S/C26H42O3/c1-3-4-5-6-7-8-9-10-11-12-13-14-15-16-17-21-25(27)29-26(28)24-20-18-19-23(2)22-24/h18-20,22H,3-17,21H2,1-2H3. The van der Waals surface area contributed by atoms with Crippen LogP contribution in [-0.4, -0.2) is 11.9 Å². The Hall–Kier alpha value is -1.64. The topological polar surface area (TPSA) is 43.4 Å². The van der Waals surface area contributed by atoms with Crippen molar-refractivity contribution in [2.75, 3.05) is 0 Å². The van der Waals surface area contributed by atoms with Crippen molar-refractivity contribution in [3.05, 3.63) is 35.4 Å². The van der Waals surface area contributed by atoms with Crippen LogP contribution in [0.4, 0.5) is 0 Å². The summed E-state index contributed by atoms with van der Waals surface area (Å²) in [4.78, 5) is 23.7. The second-order valence-electron chi connectivity index (χ2n) is 8.33. The van der Waals surface area contributed by atoms with E-state index in [1.165, 1.54) is 77.0 Å². The summed E-state index contributed by atoms with van der Waals surface area (Å²) in [5.41, 5.74) is 1.42. The molecule has 0 heterocycles. The van der Waals surface area contributed by atoms with Gasteiger partial charge in [0.1, 0.15) is 0 Å². The maximum atomic E-state index is 11.9. The van der Waals surface area contributed by atoms with Crippen LogP contribution in [0.25, 0.3) is 0 Å². The lowest BCUT2D eigenvalue weighted by Crippen LogP contribution is -2.12. The Balaban J connectivity index is 1.88. The van der Waals surface area contributed by atoms with Crippen molar-refractivity contribution in [1.82, 2.24) is 0 Å². The van der Waals surface area contributed by atoms with Crippen molar-refractivity contribution in [3.63, 3.8) is 0 Å². The molecule has 3 heteroatoms. The smallest absolute Gasteiger partial charge is 0.345 e. The van der Waals surface area contributed by atoms with Gasteiger partial charge in [0.2, 0.25) is 0 Å². The Labute approximate surface area is 178 Å². The van der Waals surface area contributed by atoms with E-state index in [9.17, 15) is 9.59 Å². The lowest BCUT2D eigenvalue weighted by atomic mass is 10.0. The van der Waals surface area contributed by atoms with Crippen LogP contribution in [0.2, 0.25) is 0 Å². The Kier molecular flexibility index (Phi) is 15.1. The van der Waals surface area contributed by atoms with Gasteiger partial charge in [0.05, 0.1) is 5.56 Å². The Morgan fingerprint density at radius 1 is 0.724 bits per heavy atom. The van der Waals surface area contributed by atoms with Crippen molar-refractivity contribution in [3.8, 4) is 0 Å². The SMILES string of the molecule is CCCCCCCCCCCCCCCCCC(=O)OC(=O)c1cccc(C)c1. The first-order chi connectivity index (χ1) is 14.1. The predicted octanol–water partition coefficient (Wildman–Crippen LogP) is 7.94. The first kappa shape index (κ1) is 25.4. The fourth-order valence-electron chi connectivity index (χ4n) is 3.63.